The molecule has 0 radical (unpaired) electrons. The molecule has 0 saturated carbocycles. The Bertz CT molecular complexity index is 454. The monoisotopic (exact) mass is 334 g/mol. The molecule has 0 aliphatic rings. The van der Waals surface area contributed by atoms with Crippen molar-refractivity contribution in [2.45, 2.75) is 0 Å². The summed E-state index contributed by atoms with van der Waals surface area (Å²) in [5.74, 6) is -0.431. The van der Waals surface area contributed by atoms with Crippen LogP contribution in [0, 0.1) is 0 Å². The van der Waals surface area contributed by atoms with Gasteiger partial charge in [0.2, 0.25) is 0 Å². The van der Waals surface area contributed by atoms with E-state index in [2.05, 4.69) is 16.2 Å². The molecule has 0 aromatic heterocycles. The number of nitrogens with zero attached hydrogens (tertiary/aromatic N) is 1. The fourth-order valence-corrected chi connectivity index (χ4v) is 2.31. The molecule has 0 bridgehead atoms. The summed E-state index contributed by atoms with van der Waals surface area (Å²) in [4.78, 5) is 22.8. The molecule has 9 heteroatoms. The fourth-order valence-electron chi connectivity index (χ4n) is 1.22. The van der Waals surface area contributed by atoms with E-state index >= 15 is 0 Å². The zero-order valence-corrected chi connectivity index (χ0v) is 13.4. The van der Waals surface area contributed by atoms with Crippen molar-refractivity contribution in [2.24, 2.45) is 0 Å². The van der Waals surface area contributed by atoms with E-state index < -0.39 is 0 Å². The third kappa shape index (κ3) is 5.40. The molecule has 0 aliphatic carbocycles. The fraction of sp³-hybridized carbons (Fsp3) is 0.273. The molecular weight excluding hydrogens is 320 g/mol. The molecule has 0 atom stereocenters. The first-order chi connectivity index (χ1) is 9.60. The van der Waals surface area contributed by atoms with Gasteiger partial charge in [-0.1, -0.05) is 0 Å². The molecule has 0 heterocycles. The predicted molar refractivity (Wildman–Crippen MR) is 86.8 cm³/mol. The molecule has 0 spiro atoms. The standard InChI is InChI=1S/C11H15ClN4O2S2/c1-19-16(20-2)11(18)13-8-3-5-9(6-4-8)14-15-10(17)7-12/h3-6,14H,7H2,1-2H3,(H,13,18)(H,15,17). The lowest BCUT2D eigenvalue weighted by molar-refractivity contribution is -0.118. The predicted octanol–water partition coefficient (Wildman–Crippen LogP) is 2.76. The van der Waals surface area contributed by atoms with Crippen LogP contribution in [0.3, 0.4) is 0 Å². The average Bonchev–Trinajstić information content (AvgIpc) is 2.47. The van der Waals surface area contributed by atoms with Gasteiger partial charge >= 0.3 is 6.03 Å². The number of carbonyl (C=O) groups excluding carboxylic acids is 2. The summed E-state index contributed by atoms with van der Waals surface area (Å²) < 4.78 is 1.52. The van der Waals surface area contributed by atoms with Crippen LogP contribution in [0.1, 0.15) is 0 Å². The van der Waals surface area contributed by atoms with Gasteiger partial charge in [0.1, 0.15) is 5.88 Å². The number of hydrazine groups is 1. The second kappa shape index (κ2) is 8.83. The van der Waals surface area contributed by atoms with Crippen LogP contribution >= 0.6 is 35.5 Å². The molecule has 1 aromatic rings. The summed E-state index contributed by atoms with van der Waals surface area (Å²) in [6, 6.07) is 6.71. The molecule has 110 valence electrons. The van der Waals surface area contributed by atoms with Gasteiger partial charge < -0.3 is 5.32 Å². The minimum atomic E-state index is -0.320. The Morgan fingerprint density at radius 3 is 2.20 bits per heavy atom. The van der Waals surface area contributed by atoms with E-state index in [9.17, 15) is 9.59 Å². The van der Waals surface area contributed by atoms with Gasteiger partial charge in [0, 0.05) is 18.2 Å². The summed E-state index contributed by atoms with van der Waals surface area (Å²) in [6.07, 6.45) is 3.64. The van der Waals surface area contributed by atoms with Crippen molar-refractivity contribution in [1.29, 1.82) is 0 Å². The highest BCUT2D eigenvalue weighted by atomic mass is 35.5. The number of alkyl halides is 1. The Morgan fingerprint density at radius 1 is 1.15 bits per heavy atom. The van der Waals surface area contributed by atoms with Gasteiger partial charge in [-0.3, -0.25) is 15.6 Å². The highest BCUT2D eigenvalue weighted by molar-refractivity contribution is 8.12. The van der Waals surface area contributed by atoms with Gasteiger partial charge in [-0.05, 0) is 48.2 Å². The molecule has 20 heavy (non-hydrogen) atoms. The number of anilines is 2. The smallest absolute Gasteiger partial charge is 0.306 e. The molecule has 0 unspecified atom stereocenters. The maximum absolute atomic E-state index is 11.8. The Hall–Kier alpha value is -1.25. The van der Waals surface area contributed by atoms with Gasteiger partial charge in [-0.25, -0.2) is 8.51 Å². The highest BCUT2D eigenvalue weighted by Gasteiger charge is 2.11. The van der Waals surface area contributed by atoms with E-state index in [0.29, 0.717) is 11.4 Å². The number of benzene rings is 1. The van der Waals surface area contributed by atoms with Crippen LogP contribution in [0.4, 0.5) is 16.2 Å². The average molecular weight is 335 g/mol. The summed E-state index contributed by atoms with van der Waals surface area (Å²) >= 11 is 8.00. The lowest BCUT2D eigenvalue weighted by Gasteiger charge is -2.16. The molecule has 3 amide bonds. The summed E-state index contributed by atoms with van der Waals surface area (Å²) in [5, 5.41) is 2.76. The number of halogens is 1. The zero-order chi connectivity index (χ0) is 15.0. The van der Waals surface area contributed by atoms with E-state index in [1.54, 1.807) is 24.3 Å². The number of carbonyl (C=O) groups is 2. The van der Waals surface area contributed by atoms with Gasteiger partial charge in [0.05, 0.1) is 5.69 Å². The highest BCUT2D eigenvalue weighted by Crippen LogP contribution is 2.19. The molecule has 1 rings (SSSR count). The van der Waals surface area contributed by atoms with E-state index in [1.807, 2.05) is 12.5 Å². The van der Waals surface area contributed by atoms with Crippen LogP contribution in [0.15, 0.2) is 24.3 Å². The number of hydrogen-bond acceptors (Lipinski definition) is 5. The van der Waals surface area contributed by atoms with Crippen LogP contribution < -0.4 is 16.2 Å². The molecule has 1 aromatic carbocycles. The first-order valence-corrected chi connectivity index (χ1v) is 8.40. The van der Waals surface area contributed by atoms with Crippen LogP contribution in [-0.2, 0) is 4.79 Å². The van der Waals surface area contributed by atoms with Crippen molar-refractivity contribution in [1.82, 2.24) is 9.14 Å². The molecular formula is C11H15ClN4O2S2. The minimum absolute atomic E-state index is 0.111. The van der Waals surface area contributed by atoms with Crippen molar-refractivity contribution in [3.8, 4) is 0 Å². The number of hydrogen-bond donors (Lipinski definition) is 3. The normalized spacial score (nSPS) is 9.75. The number of urea groups is 1. The minimum Gasteiger partial charge on any atom is -0.306 e. The quantitative estimate of drug-likeness (QED) is 0.424. The second-order valence-electron chi connectivity index (χ2n) is 3.44. The van der Waals surface area contributed by atoms with E-state index in [4.69, 9.17) is 11.6 Å². The SMILES string of the molecule is CSN(SC)C(=O)Nc1ccc(NNC(=O)CCl)cc1. The van der Waals surface area contributed by atoms with Crippen LogP contribution in [0.2, 0.25) is 0 Å². The Kier molecular flexibility index (Phi) is 7.42. The summed E-state index contributed by atoms with van der Waals surface area (Å²) in [7, 11) is 0. The Morgan fingerprint density at radius 2 is 1.70 bits per heavy atom. The van der Waals surface area contributed by atoms with Gasteiger partial charge in [-0.15, -0.1) is 11.6 Å². The first kappa shape index (κ1) is 16.8. The Balaban J connectivity index is 2.54. The number of rotatable bonds is 6. The summed E-state index contributed by atoms with van der Waals surface area (Å²) in [6.45, 7) is 0. The van der Waals surface area contributed by atoms with Crippen LogP contribution in [0.25, 0.3) is 0 Å². The summed E-state index contributed by atoms with van der Waals surface area (Å²) in [5.41, 5.74) is 6.48. The largest absolute Gasteiger partial charge is 0.342 e. The lowest BCUT2D eigenvalue weighted by atomic mass is 10.3. The van der Waals surface area contributed by atoms with E-state index in [0.717, 1.165) is 0 Å². The third-order valence-electron chi connectivity index (χ3n) is 2.10. The molecule has 6 nitrogen and oxygen atoms in total. The van der Waals surface area contributed by atoms with Gasteiger partial charge in [0.25, 0.3) is 5.91 Å². The molecule has 0 aliphatic heterocycles. The third-order valence-corrected chi connectivity index (χ3v) is 4.23. The molecule has 3 N–H and O–H groups in total. The lowest BCUT2D eigenvalue weighted by Crippen LogP contribution is -2.30. The first-order valence-electron chi connectivity index (χ1n) is 5.51. The number of amides is 3. The van der Waals surface area contributed by atoms with E-state index in [-0.39, 0.29) is 17.8 Å². The number of nitrogens with one attached hydrogen (secondary N) is 3. The van der Waals surface area contributed by atoms with Crippen molar-refractivity contribution in [2.75, 3.05) is 29.1 Å². The van der Waals surface area contributed by atoms with Crippen molar-refractivity contribution < 1.29 is 9.59 Å². The second-order valence-corrected chi connectivity index (χ2v) is 5.40. The zero-order valence-electron chi connectivity index (χ0n) is 11.0. The topological polar surface area (TPSA) is 73.5 Å². The molecule has 0 saturated heterocycles. The van der Waals surface area contributed by atoms with Crippen LogP contribution in [0.5, 0.6) is 0 Å². The van der Waals surface area contributed by atoms with Crippen molar-refractivity contribution in [3.63, 3.8) is 0 Å². The molecule has 0 fully saturated rings. The van der Waals surface area contributed by atoms with Crippen molar-refractivity contribution in [3.05, 3.63) is 24.3 Å². The maximum Gasteiger partial charge on any atom is 0.342 e. The van der Waals surface area contributed by atoms with Crippen LogP contribution in [-0.4, -0.2) is 34.0 Å². The van der Waals surface area contributed by atoms with E-state index in [1.165, 1.54) is 27.6 Å². The Labute approximate surface area is 131 Å². The van der Waals surface area contributed by atoms with Crippen molar-refractivity contribution >= 4 is 58.8 Å². The van der Waals surface area contributed by atoms with Gasteiger partial charge in [0.15, 0.2) is 0 Å². The van der Waals surface area contributed by atoms with Gasteiger partial charge in [-0.2, -0.15) is 0 Å². The maximum atomic E-state index is 11.8.